The number of aromatic nitrogens is 1. The topological polar surface area (TPSA) is 66.9 Å². The third kappa shape index (κ3) is 5.00. The molecule has 1 N–H and O–H groups in total. The number of urea groups is 1. The van der Waals surface area contributed by atoms with Gasteiger partial charge in [-0.3, -0.25) is 4.90 Å². The first-order chi connectivity index (χ1) is 14.2. The minimum Gasteiger partial charge on any atom is -0.495 e. The van der Waals surface area contributed by atoms with E-state index in [1.165, 1.54) is 0 Å². The fraction of sp³-hybridized carbons (Fsp3) is 0.524. The quantitative estimate of drug-likeness (QED) is 0.805. The number of nitrogens with one attached hydrogen (secondary N) is 1. The van der Waals surface area contributed by atoms with Crippen LogP contribution in [0, 0.1) is 0 Å². The molecule has 2 amide bonds. The third-order valence-electron chi connectivity index (χ3n) is 5.77. The van der Waals surface area contributed by atoms with Crippen molar-refractivity contribution in [1.29, 1.82) is 0 Å². The number of piperidine rings is 2. The van der Waals surface area contributed by atoms with Gasteiger partial charge in [0.05, 0.1) is 12.8 Å². The predicted octanol–water partition coefficient (Wildman–Crippen LogP) is 3.69. The van der Waals surface area contributed by atoms with Gasteiger partial charge < -0.3 is 19.7 Å². The number of hydrogen-bond acceptors (Lipinski definition) is 6. The summed E-state index contributed by atoms with van der Waals surface area (Å²) >= 11 is 1.55. The fourth-order valence-corrected chi connectivity index (χ4v) is 4.70. The van der Waals surface area contributed by atoms with E-state index in [9.17, 15) is 4.79 Å². The summed E-state index contributed by atoms with van der Waals surface area (Å²) in [5.74, 6) is 0.679. The van der Waals surface area contributed by atoms with Gasteiger partial charge in [0, 0.05) is 43.8 Å². The summed E-state index contributed by atoms with van der Waals surface area (Å²) in [6.07, 6.45) is 6.15. The van der Waals surface area contributed by atoms with Gasteiger partial charge in [-0.2, -0.15) is 0 Å². The van der Waals surface area contributed by atoms with Crippen LogP contribution in [0.3, 0.4) is 0 Å². The third-order valence-corrected chi connectivity index (χ3v) is 6.43. The van der Waals surface area contributed by atoms with Crippen molar-refractivity contribution in [2.24, 2.45) is 0 Å². The number of hydrogen-bond donors (Lipinski definition) is 1. The van der Waals surface area contributed by atoms with Gasteiger partial charge in [0.1, 0.15) is 11.9 Å². The largest absolute Gasteiger partial charge is 0.495 e. The van der Waals surface area contributed by atoms with Crippen molar-refractivity contribution in [2.75, 3.05) is 38.6 Å². The van der Waals surface area contributed by atoms with E-state index < -0.39 is 0 Å². The number of rotatable bonds is 5. The fourth-order valence-electron chi connectivity index (χ4n) is 4.15. The molecule has 0 unspecified atom stereocenters. The Kier molecular flexibility index (Phi) is 6.51. The molecule has 0 aliphatic carbocycles. The normalized spacial score (nSPS) is 19.1. The zero-order valence-electron chi connectivity index (χ0n) is 16.8. The van der Waals surface area contributed by atoms with Crippen LogP contribution in [0.4, 0.5) is 10.5 Å². The van der Waals surface area contributed by atoms with Crippen LogP contribution in [0.5, 0.6) is 10.9 Å². The molecule has 156 valence electrons. The second-order valence-electron chi connectivity index (χ2n) is 7.50. The highest BCUT2D eigenvalue weighted by Crippen LogP contribution is 2.26. The zero-order chi connectivity index (χ0) is 20.1. The van der Waals surface area contributed by atoms with Crippen LogP contribution in [-0.2, 0) is 0 Å². The summed E-state index contributed by atoms with van der Waals surface area (Å²) in [7, 11) is 1.61. The van der Waals surface area contributed by atoms with Gasteiger partial charge in [0.15, 0.2) is 0 Å². The minimum atomic E-state index is -0.0523. The lowest BCUT2D eigenvalue weighted by molar-refractivity contribution is 0.0544. The number of methoxy groups -OCH3 is 1. The zero-order valence-corrected chi connectivity index (χ0v) is 17.6. The molecule has 0 radical (unpaired) electrons. The van der Waals surface area contributed by atoms with Crippen molar-refractivity contribution in [3.8, 4) is 10.9 Å². The number of anilines is 1. The lowest BCUT2D eigenvalue weighted by Crippen LogP contribution is -2.50. The average molecular weight is 417 g/mol. The van der Waals surface area contributed by atoms with E-state index in [2.05, 4.69) is 15.2 Å². The summed E-state index contributed by atoms with van der Waals surface area (Å²) < 4.78 is 11.3. The number of carbonyl (C=O) groups excluding carboxylic acids is 1. The number of carbonyl (C=O) groups is 1. The number of para-hydroxylation sites is 2. The van der Waals surface area contributed by atoms with Crippen LogP contribution in [0.15, 0.2) is 35.8 Å². The summed E-state index contributed by atoms with van der Waals surface area (Å²) in [6, 6.07) is 8.00. The SMILES string of the molecule is COc1ccccc1NC(=O)N1CCC(N2CCC(Oc3nccs3)CC2)CC1. The Morgan fingerprint density at radius 3 is 2.59 bits per heavy atom. The maximum absolute atomic E-state index is 12.6. The first-order valence-electron chi connectivity index (χ1n) is 10.2. The molecule has 2 aliphatic heterocycles. The molecule has 3 heterocycles. The molecular formula is C21H28N4O3S. The number of ether oxygens (including phenoxy) is 2. The maximum atomic E-state index is 12.6. The summed E-state index contributed by atoms with van der Waals surface area (Å²) in [4.78, 5) is 21.3. The molecule has 1 aromatic carbocycles. The Bertz CT molecular complexity index is 785. The molecule has 1 aromatic heterocycles. The van der Waals surface area contributed by atoms with E-state index >= 15 is 0 Å². The Labute approximate surface area is 175 Å². The van der Waals surface area contributed by atoms with Crippen LogP contribution in [0.2, 0.25) is 0 Å². The van der Waals surface area contributed by atoms with Crippen LogP contribution < -0.4 is 14.8 Å². The Morgan fingerprint density at radius 1 is 1.14 bits per heavy atom. The van der Waals surface area contributed by atoms with Crippen LogP contribution in [0.1, 0.15) is 25.7 Å². The van der Waals surface area contributed by atoms with Crippen molar-refractivity contribution in [2.45, 2.75) is 37.8 Å². The van der Waals surface area contributed by atoms with Gasteiger partial charge in [0.25, 0.3) is 5.19 Å². The molecule has 29 heavy (non-hydrogen) atoms. The van der Waals surface area contributed by atoms with Gasteiger partial charge in [-0.25, -0.2) is 9.78 Å². The molecule has 8 heteroatoms. The van der Waals surface area contributed by atoms with Crippen LogP contribution >= 0.6 is 11.3 Å². The Hall–Kier alpha value is -2.32. The smallest absolute Gasteiger partial charge is 0.321 e. The summed E-state index contributed by atoms with van der Waals surface area (Å²) in [6.45, 7) is 3.66. The molecule has 7 nitrogen and oxygen atoms in total. The van der Waals surface area contributed by atoms with Crippen molar-refractivity contribution in [3.05, 3.63) is 35.8 Å². The molecule has 2 fully saturated rings. The Balaban J connectivity index is 1.22. The van der Waals surface area contributed by atoms with Crippen molar-refractivity contribution >= 4 is 23.1 Å². The van der Waals surface area contributed by atoms with E-state index in [0.717, 1.165) is 57.1 Å². The molecule has 0 saturated carbocycles. The Morgan fingerprint density at radius 2 is 1.90 bits per heavy atom. The van der Waals surface area contributed by atoms with Crippen molar-refractivity contribution in [1.82, 2.24) is 14.8 Å². The summed E-state index contributed by atoms with van der Waals surface area (Å²) in [5.41, 5.74) is 0.712. The molecule has 2 saturated heterocycles. The summed E-state index contributed by atoms with van der Waals surface area (Å²) in [5, 5.41) is 5.70. The van der Waals surface area contributed by atoms with E-state index in [1.807, 2.05) is 34.5 Å². The van der Waals surface area contributed by atoms with E-state index in [4.69, 9.17) is 9.47 Å². The maximum Gasteiger partial charge on any atom is 0.321 e. The number of nitrogens with zero attached hydrogens (tertiary/aromatic N) is 3. The van der Waals surface area contributed by atoms with E-state index in [0.29, 0.717) is 17.5 Å². The lowest BCUT2D eigenvalue weighted by atomic mass is 9.99. The predicted molar refractivity (Wildman–Crippen MR) is 114 cm³/mol. The average Bonchev–Trinajstić information content (AvgIpc) is 3.28. The highest BCUT2D eigenvalue weighted by Gasteiger charge is 2.30. The second-order valence-corrected chi connectivity index (χ2v) is 8.36. The number of amides is 2. The van der Waals surface area contributed by atoms with E-state index in [1.54, 1.807) is 24.6 Å². The van der Waals surface area contributed by atoms with Crippen LogP contribution in [0.25, 0.3) is 0 Å². The minimum absolute atomic E-state index is 0.0523. The molecule has 2 aliphatic rings. The van der Waals surface area contributed by atoms with Gasteiger partial charge in [-0.05, 0) is 37.8 Å². The highest BCUT2D eigenvalue weighted by atomic mass is 32.1. The van der Waals surface area contributed by atoms with Crippen LogP contribution in [-0.4, -0.2) is 66.2 Å². The second kappa shape index (κ2) is 9.45. The van der Waals surface area contributed by atoms with Crippen molar-refractivity contribution in [3.63, 3.8) is 0 Å². The first kappa shape index (κ1) is 20.0. The molecule has 2 aromatic rings. The highest BCUT2D eigenvalue weighted by molar-refractivity contribution is 7.11. The van der Waals surface area contributed by atoms with E-state index in [-0.39, 0.29) is 12.1 Å². The lowest BCUT2D eigenvalue weighted by Gasteiger charge is -2.41. The van der Waals surface area contributed by atoms with Gasteiger partial charge in [0.2, 0.25) is 0 Å². The van der Waals surface area contributed by atoms with Crippen molar-refractivity contribution < 1.29 is 14.3 Å². The standard InChI is InChI=1S/C21H28N4O3S/c1-27-19-5-3-2-4-18(19)23-20(26)25-11-6-16(7-12-25)24-13-8-17(9-14-24)28-21-22-10-15-29-21/h2-5,10,15-17H,6-9,11-14H2,1H3,(H,23,26). The number of benzene rings is 1. The number of likely N-dealkylation sites (tertiary alicyclic amines) is 2. The molecule has 0 bridgehead atoms. The van der Waals surface area contributed by atoms with Gasteiger partial charge >= 0.3 is 6.03 Å². The molecule has 4 rings (SSSR count). The monoisotopic (exact) mass is 416 g/mol. The number of thiazole rings is 1. The van der Waals surface area contributed by atoms with Gasteiger partial charge in [-0.1, -0.05) is 23.5 Å². The molecular weight excluding hydrogens is 388 g/mol. The molecule has 0 atom stereocenters. The first-order valence-corrected chi connectivity index (χ1v) is 11.1. The van der Waals surface area contributed by atoms with Gasteiger partial charge in [-0.15, -0.1) is 0 Å². The molecule has 0 spiro atoms.